The summed E-state index contributed by atoms with van der Waals surface area (Å²) in [6.07, 6.45) is 2.44. The Kier molecular flexibility index (Phi) is 4.79. The van der Waals surface area contributed by atoms with Crippen LogP contribution in [0.4, 0.5) is 0 Å². The molecule has 1 fully saturated rings. The van der Waals surface area contributed by atoms with Crippen LogP contribution < -0.4 is 14.9 Å². The quantitative estimate of drug-likeness (QED) is 0.656. The van der Waals surface area contributed by atoms with Crippen molar-refractivity contribution in [3.63, 3.8) is 0 Å². The zero-order valence-electron chi connectivity index (χ0n) is 13.7. The molecular formula is C19H20N2O3. The summed E-state index contributed by atoms with van der Waals surface area (Å²) in [5.74, 6) is 1.61. The fraction of sp³-hybridized carbons (Fsp3) is 0.263. The number of hydrogen-bond donors (Lipinski definition) is 1. The third-order valence-electron chi connectivity index (χ3n) is 4.17. The second kappa shape index (κ2) is 7.17. The maximum atomic E-state index is 12.2. The highest BCUT2D eigenvalue weighted by molar-refractivity contribution is 5.87. The number of hydrogen-bond acceptors (Lipinski definition) is 4. The molecule has 2 atom stereocenters. The SMILES string of the molecule is COc1ccc(OC)c(C=NNC(=O)[C@H]2C[C@@H]2c2ccccc2)c1. The Morgan fingerprint density at radius 2 is 1.96 bits per heavy atom. The van der Waals surface area contributed by atoms with Gasteiger partial charge in [-0.3, -0.25) is 4.79 Å². The van der Waals surface area contributed by atoms with Gasteiger partial charge in [0.1, 0.15) is 11.5 Å². The van der Waals surface area contributed by atoms with E-state index in [0.717, 1.165) is 12.0 Å². The number of rotatable bonds is 6. The van der Waals surface area contributed by atoms with Crippen LogP contribution in [0.25, 0.3) is 0 Å². The van der Waals surface area contributed by atoms with Crippen molar-refractivity contribution in [3.8, 4) is 11.5 Å². The van der Waals surface area contributed by atoms with E-state index >= 15 is 0 Å². The Morgan fingerprint density at radius 3 is 2.67 bits per heavy atom. The summed E-state index contributed by atoms with van der Waals surface area (Å²) in [6.45, 7) is 0. The van der Waals surface area contributed by atoms with E-state index in [9.17, 15) is 4.79 Å². The maximum Gasteiger partial charge on any atom is 0.243 e. The summed E-state index contributed by atoms with van der Waals surface area (Å²) >= 11 is 0. The highest BCUT2D eigenvalue weighted by Crippen LogP contribution is 2.47. The van der Waals surface area contributed by atoms with Crippen LogP contribution in [-0.4, -0.2) is 26.3 Å². The number of benzene rings is 2. The van der Waals surface area contributed by atoms with Crippen molar-refractivity contribution < 1.29 is 14.3 Å². The van der Waals surface area contributed by atoms with Gasteiger partial charge in [0, 0.05) is 11.5 Å². The fourth-order valence-corrected chi connectivity index (χ4v) is 2.74. The molecule has 5 heteroatoms. The molecule has 0 aliphatic heterocycles. The molecule has 1 N–H and O–H groups in total. The average Bonchev–Trinajstić information content (AvgIpc) is 3.43. The second-order valence-corrected chi connectivity index (χ2v) is 5.70. The van der Waals surface area contributed by atoms with Gasteiger partial charge in [-0.05, 0) is 36.1 Å². The van der Waals surface area contributed by atoms with E-state index in [0.29, 0.717) is 17.4 Å². The van der Waals surface area contributed by atoms with E-state index in [4.69, 9.17) is 9.47 Å². The van der Waals surface area contributed by atoms with Gasteiger partial charge in [-0.2, -0.15) is 5.10 Å². The zero-order chi connectivity index (χ0) is 16.9. The van der Waals surface area contributed by atoms with E-state index in [1.165, 1.54) is 5.56 Å². The molecule has 0 saturated heterocycles. The zero-order valence-corrected chi connectivity index (χ0v) is 13.7. The molecule has 124 valence electrons. The van der Waals surface area contributed by atoms with Gasteiger partial charge in [-0.25, -0.2) is 5.43 Å². The summed E-state index contributed by atoms with van der Waals surface area (Å²) in [7, 11) is 3.19. The van der Waals surface area contributed by atoms with E-state index in [1.54, 1.807) is 32.6 Å². The topological polar surface area (TPSA) is 59.9 Å². The van der Waals surface area contributed by atoms with Crippen molar-refractivity contribution in [2.24, 2.45) is 11.0 Å². The van der Waals surface area contributed by atoms with Crippen LogP contribution in [0.15, 0.2) is 53.6 Å². The number of ether oxygens (including phenoxy) is 2. The molecule has 0 heterocycles. The third kappa shape index (κ3) is 3.56. The first-order valence-corrected chi connectivity index (χ1v) is 7.83. The molecule has 5 nitrogen and oxygen atoms in total. The minimum atomic E-state index is -0.0537. The Morgan fingerprint density at radius 1 is 1.17 bits per heavy atom. The van der Waals surface area contributed by atoms with E-state index < -0.39 is 0 Å². The Labute approximate surface area is 141 Å². The van der Waals surface area contributed by atoms with Crippen LogP contribution in [-0.2, 0) is 4.79 Å². The van der Waals surface area contributed by atoms with Gasteiger partial charge in [0.25, 0.3) is 0 Å². The van der Waals surface area contributed by atoms with Crippen LogP contribution >= 0.6 is 0 Å². The number of carbonyl (C=O) groups excluding carboxylic acids is 1. The Balaban J connectivity index is 1.60. The minimum Gasteiger partial charge on any atom is -0.497 e. The lowest BCUT2D eigenvalue weighted by Gasteiger charge is -2.06. The molecule has 24 heavy (non-hydrogen) atoms. The van der Waals surface area contributed by atoms with Crippen LogP contribution in [0.1, 0.15) is 23.5 Å². The number of nitrogens with one attached hydrogen (secondary N) is 1. The molecule has 2 aromatic rings. The number of hydrazone groups is 1. The molecule has 0 bridgehead atoms. The average molecular weight is 324 g/mol. The van der Waals surface area contributed by atoms with Gasteiger partial charge < -0.3 is 9.47 Å². The van der Waals surface area contributed by atoms with Gasteiger partial charge in [0.2, 0.25) is 5.91 Å². The first-order valence-electron chi connectivity index (χ1n) is 7.83. The highest BCUT2D eigenvalue weighted by atomic mass is 16.5. The van der Waals surface area contributed by atoms with Crippen molar-refractivity contribution in [1.82, 2.24) is 5.43 Å². The Bertz CT molecular complexity index is 744. The summed E-state index contributed by atoms with van der Waals surface area (Å²) < 4.78 is 10.5. The summed E-state index contributed by atoms with van der Waals surface area (Å²) in [4.78, 5) is 12.2. The normalized spacial score (nSPS) is 19.1. The van der Waals surface area contributed by atoms with Crippen LogP contribution in [0.2, 0.25) is 0 Å². The summed E-state index contributed by atoms with van der Waals surface area (Å²) in [5.41, 5.74) is 4.56. The fourth-order valence-electron chi connectivity index (χ4n) is 2.74. The molecule has 1 aliphatic carbocycles. The lowest BCUT2D eigenvalue weighted by atomic mass is 10.1. The lowest BCUT2D eigenvalue weighted by Crippen LogP contribution is -2.20. The van der Waals surface area contributed by atoms with Crippen molar-refractivity contribution in [1.29, 1.82) is 0 Å². The van der Waals surface area contributed by atoms with E-state index in [-0.39, 0.29) is 11.8 Å². The molecular weight excluding hydrogens is 304 g/mol. The largest absolute Gasteiger partial charge is 0.497 e. The van der Waals surface area contributed by atoms with Crippen molar-refractivity contribution in [2.45, 2.75) is 12.3 Å². The maximum absolute atomic E-state index is 12.2. The van der Waals surface area contributed by atoms with Crippen LogP contribution in [0, 0.1) is 5.92 Å². The standard InChI is InChI=1S/C19H20N2O3/c1-23-15-8-9-18(24-2)14(10-15)12-20-21-19(22)17-11-16(17)13-6-4-3-5-7-13/h3-10,12,16-17H,11H2,1-2H3,(H,21,22)/t16-,17+/m1/s1. The number of amides is 1. The first-order chi connectivity index (χ1) is 11.7. The van der Waals surface area contributed by atoms with Gasteiger partial charge >= 0.3 is 0 Å². The Hall–Kier alpha value is -2.82. The number of methoxy groups -OCH3 is 2. The van der Waals surface area contributed by atoms with E-state index in [1.807, 2.05) is 24.3 Å². The molecule has 1 saturated carbocycles. The summed E-state index contributed by atoms with van der Waals surface area (Å²) in [5, 5.41) is 4.05. The van der Waals surface area contributed by atoms with Gasteiger partial charge in [0.15, 0.2) is 0 Å². The van der Waals surface area contributed by atoms with Gasteiger partial charge in [-0.1, -0.05) is 30.3 Å². The second-order valence-electron chi connectivity index (χ2n) is 5.70. The highest BCUT2D eigenvalue weighted by Gasteiger charge is 2.43. The summed E-state index contributed by atoms with van der Waals surface area (Å²) in [6, 6.07) is 15.5. The minimum absolute atomic E-state index is 0.00300. The third-order valence-corrected chi connectivity index (χ3v) is 4.17. The van der Waals surface area contributed by atoms with Crippen molar-refractivity contribution >= 4 is 12.1 Å². The predicted octanol–water partition coefficient (Wildman–Crippen LogP) is 2.96. The molecule has 3 rings (SSSR count). The molecule has 0 radical (unpaired) electrons. The molecule has 1 aliphatic rings. The smallest absolute Gasteiger partial charge is 0.243 e. The molecule has 0 aromatic heterocycles. The van der Waals surface area contributed by atoms with Gasteiger partial charge in [-0.15, -0.1) is 0 Å². The van der Waals surface area contributed by atoms with Gasteiger partial charge in [0.05, 0.1) is 20.4 Å². The first kappa shape index (κ1) is 16.1. The van der Waals surface area contributed by atoms with Crippen LogP contribution in [0.3, 0.4) is 0 Å². The monoisotopic (exact) mass is 324 g/mol. The molecule has 0 unspecified atom stereocenters. The number of nitrogens with zero attached hydrogens (tertiary/aromatic N) is 1. The van der Waals surface area contributed by atoms with E-state index in [2.05, 4.69) is 22.7 Å². The molecule has 1 amide bonds. The number of carbonyl (C=O) groups is 1. The van der Waals surface area contributed by atoms with Crippen molar-refractivity contribution in [2.75, 3.05) is 14.2 Å². The van der Waals surface area contributed by atoms with Crippen molar-refractivity contribution in [3.05, 3.63) is 59.7 Å². The van der Waals surface area contributed by atoms with Crippen LogP contribution in [0.5, 0.6) is 11.5 Å². The lowest BCUT2D eigenvalue weighted by molar-refractivity contribution is -0.122. The predicted molar refractivity (Wildman–Crippen MR) is 92.6 cm³/mol. The molecule has 2 aromatic carbocycles. The molecule has 0 spiro atoms.